The van der Waals surface area contributed by atoms with Gasteiger partial charge in [0.25, 0.3) is 0 Å². The predicted molar refractivity (Wildman–Crippen MR) is 79.3 cm³/mol. The molecule has 0 bridgehead atoms. The highest BCUT2D eigenvalue weighted by Crippen LogP contribution is 2.41. The minimum atomic E-state index is 0.824. The number of hydrogen-bond acceptors (Lipinski definition) is 3. The molecule has 0 spiro atoms. The molecule has 0 saturated carbocycles. The Morgan fingerprint density at radius 3 is 2.84 bits per heavy atom. The van der Waals surface area contributed by atoms with Crippen molar-refractivity contribution in [2.75, 3.05) is 5.75 Å². The summed E-state index contributed by atoms with van der Waals surface area (Å²) in [5.74, 6) is 2.68. The second-order valence-electron chi connectivity index (χ2n) is 4.47. The van der Waals surface area contributed by atoms with Crippen molar-refractivity contribution in [3.63, 3.8) is 0 Å². The number of thioether (sulfide) groups is 1. The molecule has 0 fully saturated rings. The van der Waals surface area contributed by atoms with Gasteiger partial charge in [0.1, 0.15) is 11.4 Å². The third-order valence-corrected chi connectivity index (χ3v) is 4.37. The van der Waals surface area contributed by atoms with E-state index in [0.717, 1.165) is 34.1 Å². The van der Waals surface area contributed by atoms with Crippen molar-refractivity contribution in [1.82, 2.24) is 0 Å². The summed E-state index contributed by atoms with van der Waals surface area (Å²) < 4.78 is 6.13. The van der Waals surface area contributed by atoms with Crippen molar-refractivity contribution in [3.8, 4) is 5.75 Å². The van der Waals surface area contributed by atoms with E-state index in [1.807, 2.05) is 48.3 Å². The zero-order valence-corrected chi connectivity index (χ0v) is 11.0. The van der Waals surface area contributed by atoms with E-state index in [4.69, 9.17) is 4.74 Å². The van der Waals surface area contributed by atoms with Crippen molar-refractivity contribution < 1.29 is 4.74 Å². The average molecular weight is 265 g/mol. The van der Waals surface area contributed by atoms with Gasteiger partial charge in [0.15, 0.2) is 5.75 Å². The second-order valence-corrected chi connectivity index (χ2v) is 5.48. The van der Waals surface area contributed by atoms with Crippen LogP contribution in [0.1, 0.15) is 5.56 Å². The summed E-state index contributed by atoms with van der Waals surface area (Å²) in [6.45, 7) is 0. The first kappa shape index (κ1) is 10.9. The molecule has 2 aliphatic rings. The quantitative estimate of drug-likeness (QED) is 0.708. The molecule has 2 aliphatic heterocycles. The maximum Gasteiger partial charge on any atom is 0.153 e. The van der Waals surface area contributed by atoms with Gasteiger partial charge in [-0.3, -0.25) is 4.99 Å². The zero-order valence-electron chi connectivity index (χ0n) is 10.2. The number of benzene rings is 2. The van der Waals surface area contributed by atoms with Gasteiger partial charge in [0.05, 0.1) is 0 Å². The predicted octanol–water partition coefficient (Wildman–Crippen LogP) is 4.30. The molecule has 0 unspecified atom stereocenters. The van der Waals surface area contributed by atoms with Gasteiger partial charge >= 0.3 is 0 Å². The monoisotopic (exact) mass is 265 g/mol. The van der Waals surface area contributed by atoms with Crippen LogP contribution in [-0.2, 0) is 0 Å². The number of para-hydroxylation sites is 2. The summed E-state index contributed by atoms with van der Waals surface area (Å²) in [5.41, 5.74) is 3.20. The Kier molecular flexibility index (Phi) is 2.45. The number of nitrogens with zero attached hydrogens (tertiary/aromatic N) is 1. The van der Waals surface area contributed by atoms with Crippen molar-refractivity contribution in [2.45, 2.75) is 4.90 Å². The maximum absolute atomic E-state index is 6.13. The summed E-state index contributed by atoms with van der Waals surface area (Å²) in [6.07, 6.45) is 1.93. The fourth-order valence-electron chi connectivity index (χ4n) is 2.30. The van der Waals surface area contributed by atoms with Crippen LogP contribution in [-0.4, -0.2) is 12.0 Å². The lowest BCUT2D eigenvalue weighted by Gasteiger charge is -2.20. The van der Waals surface area contributed by atoms with Gasteiger partial charge in [-0.2, -0.15) is 0 Å². The molecule has 4 rings (SSSR count). The molecule has 0 atom stereocenters. The third kappa shape index (κ3) is 1.78. The molecular weight excluding hydrogens is 254 g/mol. The fourth-order valence-corrected chi connectivity index (χ4v) is 3.31. The number of ether oxygens (including phenoxy) is 1. The summed E-state index contributed by atoms with van der Waals surface area (Å²) in [4.78, 5) is 5.80. The van der Waals surface area contributed by atoms with E-state index >= 15 is 0 Å². The largest absolute Gasteiger partial charge is 0.454 e. The summed E-state index contributed by atoms with van der Waals surface area (Å²) in [6, 6.07) is 16.3. The van der Waals surface area contributed by atoms with Crippen molar-refractivity contribution in [2.24, 2.45) is 4.99 Å². The van der Waals surface area contributed by atoms with Crippen LogP contribution in [0.5, 0.6) is 5.75 Å². The number of rotatable bonds is 0. The van der Waals surface area contributed by atoms with E-state index in [1.54, 1.807) is 0 Å². The molecule has 0 amide bonds. The van der Waals surface area contributed by atoms with Gasteiger partial charge < -0.3 is 4.74 Å². The Morgan fingerprint density at radius 1 is 1.00 bits per heavy atom. The Balaban J connectivity index is 1.90. The Morgan fingerprint density at radius 2 is 1.84 bits per heavy atom. The van der Waals surface area contributed by atoms with Gasteiger partial charge in [-0.1, -0.05) is 30.3 Å². The molecule has 2 aromatic rings. The minimum Gasteiger partial charge on any atom is -0.454 e. The smallest absolute Gasteiger partial charge is 0.153 e. The number of hydrogen-bond donors (Lipinski definition) is 0. The normalized spacial score (nSPS) is 16.0. The van der Waals surface area contributed by atoms with Crippen LogP contribution in [0.25, 0.3) is 5.76 Å². The van der Waals surface area contributed by atoms with Crippen LogP contribution >= 0.6 is 11.8 Å². The highest BCUT2D eigenvalue weighted by Gasteiger charge is 2.22. The number of aliphatic imine (C=N–C) groups is 1. The van der Waals surface area contributed by atoms with Crippen LogP contribution < -0.4 is 4.74 Å². The first-order chi connectivity index (χ1) is 9.42. The second kappa shape index (κ2) is 4.28. The lowest BCUT2D eigenvalue weighted by atomic mass is 10.1. The molecule has 3 heteroatoms. The average Bonchev–Trinajstić information content (AvgIpc) is 2.66. The van der Waals surface area contributed by atoms with Gasteiger partial charge in [-0.15, -0.1) is 11.8 Å². The molecule has 0 N–H and O–H groups in total. The Hall–Kier alpha value is -2.00. The summed E-state index contributed by atoms with van der Waals surface area (Å²) >= 11 is 1.83. The van der Waals surface area contributed by atoms with E-state index < -0.39 is 0 Å². The highest BCUT2D eigenvalue weighted by molar-refractivity contribution is 7.99. The molecule has 2 aromatic carbocycles. The Bertz CT molecular complexity index is 718. The zero-order chi connectivity index (χ0) is 12.7. The molecule has 92 valence electrons. The van der Waals surface area contributed by atoms with E-state index in [2.05, 4.69) is 23.2 Å². The molecular formula is C16H11NOS. The lowest BCUT2D eigenvalue weighted by molar-refractivity contribution is 0.513. The molecule has 19 heavy (non-hydrogen) atoms. The van der Waals surface area contributed by atoms with E-state index in [-0.39, 0.29) is 0 Å². The third-order valence-electron chi connectivity index (χ3n) is 3.24. The van der Waals surface area contributed by atoms with E-state index in [9.17, 15) is 0 Å². The van der Waals surface area contributed by atoms with Gasteiger partial charge in [0.2, 0.25) is 0 Å². The first-order valence-corrected chi connectivity index (χ1v) is 7.17. The number of fused-ring (bicyclic) bond motifs is 3. The van der Waals surface area contributed by atoms with Gasteiger partial charge in [-0.25, -0.2) is 0 Å². The van der Waals surface area contributed by atoms with Crippen LogP contribution in [0.15, 0.2) is 64.0 Å². The standard InChI is InChI=1S/C16H11NOS/c1-4-8-15-12(5-1)16-11(10-19-15)9-17-13-6-2-3-7-14(13)18-16/h1-9H,10H2. The van der Waals surface area contributed by atoms with Crippen LogP contribution in [0.3, 0.4) is 0 Å². The summed E-state index contributed by atoms with van der Waals surface area (Å²) in [5, 5.41) is 0. The van der Waals surface area contributed by atoms with Gasteiger partial charge in [0, 0.05) is 28.0 Å². The SMILES string of the molecule is C1=Nc2ccccc2OC2=C1CSc1ccccc12. The maximum atomic E-state index is 6.13. The van der Waals surface area contributed by atoms with Crippen LogP contribution in [0.2, 0.25) is 0 Å². The Labute approximate surface area is 115 Å². The molecule has 0 radical (unpaired) electrons. The molecule has 0 aromatic heterocycles. The van der Waals surface area contributed by atoms with Crippen LogP contribution in [0.4, 0.5) is 5.69 Å². The van der Waals surface area contributed by atoms with E-state index in [0.29, 0.717) is 0 Å². The van der Waals surface area contributed by atoms with Crippen LogP contribution in [0, 0.1) is 0 Å². The van der Waals surface area contributed by atoms with Gasteiger partial charge in [-0.05, 0) is 18.2 Å². The lowest BCUT2D eigenvalue weighted by Crippen LogP contribution is -2.07. The molecule has 2 nitrogen and oxygen atoms in total. The summed E-state index contributed by atoms with van der Waals surface area (Å²) in [7, 11) is 0. The molecule has 0 saturated heterocycles. The van der Waals surface area contributed by atoms with Crippen molar-refractivity contribution >= 4 is 29.4 Å². The molecule has 2 heterocycles. The minimum absolute atomic E-state index is 0.824. The highest BCUT2D eigenvalue weighted by atomic mass is 32.2. The molecule has 0 aliphatic carbocycles. The topological polar surface area (TPSA) is 21.6 Å². The van der Waals surface area contributed by atoms with E-state index in [1.165, 1.54) is 4.90 Å². The van der Waals surface area contributed by atoms with Crippen molar-refractivity contribution in [3.05, 3.63) is 59.7 Å². The van der Waals surface area contributed by atoms with Crippen molar-refractivity contribution in [1.29, 1.82) is 0 Å². The fraction of sp³-hybridized carbons (Fsp3) is 0.0625. The first-order valence-electron chi connectivity index (χ1n) is 6.18.